The number of carbonyl (C=O) groups is 2. The summed E-state index contributed by atoms with van der Waals surface area (Å²) in [7, 11) is -3.83. The Morgan fingerprint density at radius 2 is 1.73 bits per heavy atom. The van der Waals surface area contributed by atoms with Crippen molar-refractivity contribution in [2.75, 3.05) is 13.1 Å². The van der Waals surface area contributed by atoms with Crippen LogP contribution in [0.15, 0.2) is 76.2 Å². The van der Waals surface area contributed by atoms with Gasteiger partial charge in [0.05, 0.1) is 23.3 Å². The summed E-state index contributed by atoms with van der Waals surface area (Å²) in [4.78, 5) is 26.7. The first-order chi connectivity index (χ1) is 15.9. The minimum atomic E-state index is -3.83. The quantitative estimate of drug-likeness (QED) is 0.508. The van der Waals surface area contributed by atoms with Gasteiger partial charge in [-0.15, -0.1) is 0 Å². The predicted octanol–water partition coefficient (Wildman–Crippen LogP) is 3.35. The Morgan fingerprint density at radius 1 is 0.970 bits per heavy atom. The summed E-state index contributed by atoms with van der Waals surface area (Å²) in [6.45, 7) is 1.57. The molecule has 2 aromatic carbocycles. The van der Waals surface area contributed by atoms with Crippen molar-refractivity contribution in [3.63, 3.8) is 0 Å². The first kappa shape index (κ1) is 22.8. The summed E-state index contributed by atoms with van der Waals surface area (Å²) in [5.74, 6) is -0.160. The lowest BCUT2D eigenvalue weighted by atomic mass is 10.1. The molecule has 0 bridgehead atoms. The molecule has 33 heavy (non-hydrogen) atoms. The molecule has 1 aliphatic heterocycles. The zero-order chi connectivity index (χ0) is 23.3. The van der Waals surface area contributed by atoms with Gasteiger partial charge in [-0.1, -0.05) is 18.2 Å². The largest absolute Gasteiger partial charge is 0.468 e. The third kappa shape index (κ3) is 5.68. The second-order valence-electron chi connectivity index (χ2n) is 7.70. The smallest absolute Gasteiger partial charge is 0.338 e. The van der Waals surface area contributed by atoms with Gasteiger partial charge in [-0.3, -0.25) is 4.79 Å². The van der Waals surface area contributed by atoms with Gasteiger partial charge < -0.3 is 14.1 Å². The standard InChI is InChI=1S/C24H24N2O6S/c27-23(26-12-1-2-13-26)19-10-8-18(9-11-19)17-32-24(28)20-5-3-7-22(15-20)33(29,30)25-16-21-6-4-14-31-21/h3-11,14-15,25H,1-2,12-13,16-17H2. The van der Waals surface area contributed by atoms with Crippen LogP contribution in [-0.4, -0.2) is 38.3 Å². The third-order valence-electron chi connectivity index (χ3n) is 5.36. The molecule has 1 aromatic heterocycles. The van der Waals surface area contributed by atoms with Gasteiger partial charge in [0, 0.05) is 18.7 Å². The number of hydrogen-bond donors (Lipinski definition) is 1. The van der Waals surface area contributed by atoms with Crippen LogP contribution >= 0.6 is 0 Å². The summed E-state index contributed by atoms with van der Waals surface area (Å²) in [5, 5.41) is 0. The lowest BCUT2D eigenvalue weighted by Gasteiger charge is -2.15. The van der Waals surface area contributed by atoms with E-state index in [0.717, 1.165) is 31.5 Å². The minimum Gasteiger partial charge on any atom is -0.468 e. The van der Waals surface area contributed by atoms with E-state index in [0.29, 0.717) is 11.3 Å². The molecule has 1 aliphatic rings. The van der Waals surface area contributed by atoms with Crippen molar-refractivity contribution in [3.05, 3.63) is 89.4 Å². The zero-order valence-electron chi connectivity index (χ0n) is 17.9. The topological polar surface area (TPSA) is 106 Å². The highest BCUT2D eigenvalue weighted by atomic mass is 32.2. The number of amides is 1. The van der Waals surface area contributed by atoms with Gasteiger partial charge in [0.1, 0.15) is 12.4 Å². The van der Waals surface area contributed by atoms with E-state index < -0.39 is 16.0 Å². The lowest BCUT2D eigenvalue weighted by molar-refractivity contribution is 0.0472. The Morgan fingerprint density at radius 3 is 2.42 bits per heavy atom. The van der Waals surface area contributed by atoms with Crippen molar-refractivity contribution in [3.8, 4) is 0 Å². The Balaban J connectivity index is 1.35. The third-order valence-corrected chi connectivity index (χ3v) is 6.76. The number of sulfonamides is 1. The normalized spacial score (nSPS) is 13.8. The molecule has 0 aliphatic carbocycles. The van der Waals surface area contributed by atoms with E-state index in [1.807, 2.05) is 4.90 Å². The maximum absolute atomic E-state index is 12.5. The molecule has 1 N–H and O–H groups in total. The Hall–Kier alpha value is -3.43. The molecule has 172 valence electrons. The van der Waals surface area contributed by atoms with E-state index in [1.54, 1.807) is 36.4 Å². The summed E-state index contributed by atoms with van der Waals surface area (Å²) >= 11 is 0. The molecular weight excluding hydrogens is 444 g/mol. The highest BCUT2D eigenvalue weighted by Crippen LogP contribution is 2.16. The number of nitrogens with one attached hydrogen (secondary N) is 1. The maximum Gasteiger partial charge on any atom is 0.338 e. The van der Waals surface area contributed by atoms with Gasteiger partial charge in [0.15, 0.2) is 0 Å². The van der Waals surface area contributed by atoms with E-state index >= 15 is 0 Å². The highest BCUT2D eigenvalue weighted by Gasteiger charge is 2.20. The molecule has 0 radical (unpaired) electrons. The average Bonchev–Trinajstić information content (AvgIpc) is 3.56. The minimum absolute atomic E-state index is 0.000263. The summed E-state index contributed by atoms with van der Waals surface area (Å²) in [6.07, 6.45) is 3.52. The van der Waals surface area contributed by atoms with Crippen molar-refractivity contribution in [1.29, 1.82) is 0 Å². The molecule has 1 fully saturated rings. The molecule has 1 saturated heterocycles. The van der Waals surface area contributed by atoms with Gasteiger partial charge in [-0.05, 0) is 60.9 Å². The fourth-order valence-corrected chi connectivity index (χ4v) is 4.57. The van der Waals surface area contributed by atoms with Gasteiger partial charge in [0.25, 0.3) is 5.91 Å². The Bertz CT molecular complexity index is 1210. The molecule has 3 aromatic rings. The first-order valence-corrected chi connectivity index (χ1v) is 12.1. The SMILES string of the molecule is O=C(OCc1ccc(C(=O)N2CCCC2)cc1)c1cccc(S(=O)(=O)NCc2ccco2)c1. The van der Waals surface area contributed by atoms with E-state index in [-0.39, 0.29) is 29.5 Å². The lowest BCUT2D eigenvalue weighted by Crippen LogP contribution is -2.27. The molecule has 0 spiro atoms. The summed E-state index contributed by atoms with van der Waals surface area (Å²) < 4.78 is 37.9. The molecule has 0 unspecified atom stereocenters. The number of rotatable bonds is 8. The number of furan rings is 1. The maximum atomic E-state index is 12.5. The Kier molecular flexibility index (Phi) is 6.90. The number of nitrogens with zero attached hydrogens (tertiary/aromatic N) is 1. The molecule has 8 nitrogen and oxygen atoms in total. The van der Waals surface area contributed by atoms with Crippen LogP contribution in [0.3, 0.4) is 0 Å². The molecule has 0 atom stereocenters. The molecule has 9 heteroatoms. The number of esters is 1. The fourth-order valence-electron chi connectivity index (χ4n) is 3.53. The summed E-state index contributed by atoms with van der Waals surface area (Å²) in [6, 6.07) is 15.9. The predicted molar refractivity (Wildman–Crippen MR) is 120 cm³/mol. The zero-order valence-corrected chi connectivity index (χ0v) is 18.7. The van der Waals surface area contributed by atoms with Gasteiger partial charge in [-0.2, -0.15) is 0 Å². The monoisotopic (exact) mass is 468 g/mol. The molecule has 2 heterocycles. The van der Waals surface area contributed by atoms with E-state index in [2.05, 4.69) is 4.72 Å². The van der Waals surface area contributed by atoms with Crippen LogP contribution in [0.4, 0.5) is 0 Å². The van der Waals surface area contributed by atoms with Crippen LogP contribution in [0.2, 0.25) is 0 Å². The van der Waals surface area contributed by atoms with Gasteiger partial charge >= 0.3 is 5.97 Å². The van der Waals surface area contributed by atoms with Crippen LogP contribution in [0.5, 0.6) is 0 Å². The van der Waals surface area contributed by atoms with E-state index in [9.17, 15) is 18.0 Å². The summed E-state index contributed by atoms with van der Waals surface area (Å²) in [5.41, 5.74) is 1.45. The van der Waals surface area contributed by atoms with Gasteiger partial charge in [0.2, 0.25) is 10.0 Å². The first-order valence-electron chi connectivity index (χ1n) is 10.6. The average molecular weight is 469 g/mol. The second-order valence-corrected chi connectivity index (χ2v) is 9.47. The Labute approximate surface area is 192 Å². The highest BCUT2D eigenvalue weighted by molar-refractivity contribution is 7.89. The van der Waals surface area contributed by atoms with Crippen LogP contribution < -0.4 is 4.72 Å². The van der Waals surface area contributed by atoms with Crippen molar-refractivity contribution in [2.45, 2.75) is 30.9 Å². The van der Waals surface area contributed by atoms with Crippen LogP contribution in [0.25, 0.3) is 0 Å². The molecule has 1 amide bonds. The number of benzene rings is 2. The van der Waals surface area contributed by atoms with Crippen molar-refractivity contribution >= 4 is 21.9 Å². The number of hydrogen-bond acceptors (Lipinski definition) is 6. The fraction of sp³-hybridized carbons (Fsp3) is 0.250. The number of carbonyl (C=O) groups excluding carboxylic acids is 2. The van der Waals surface area contributed by atoms with Crippen molar-refractivity contribution in [2.24, 2.45) is 0 Å². The number of ether oxygens (including phenoxy) is 1. The van der Waals surface area contributed by atoms with E-state index in [1.165, 1.54) is 30.5 Å². The van der Waals surface area contributed by atoms with Crippen LogP contribution in [-0.2, 0) is 27.9 Å². The second kappa shape index (κ2) is 10.0. The molecule has 0 saturated carbocycles. The van der Waals surface area contributed by atoms with Crippen molar-refractivity contribution < 1.29 is 27.2 Å². The number of likely N-dealkylation sites (tertiary alicyclic amines) is 1. The molecule has 4 rings (SSSR count). The van der Waals surface area contributed by atoms with E-state index in [4.69, 9.17) is 9.15 Å². The molecular formula is C24H24N2O6S. The van der Waals surface area contributed by atoms with Crippen molar-refractivity contribution in [1.82, 2.24) is 9.62 Å². The van der Waals surface area contributed by atoms with Crippen LogP contribution in [0, 0.1) is 0 Å². The van der Waals surface area contributed by atoms with Crippen LogP contribution in [0.1, 0.15) is 44.9 Å². The van der Waals surface area contributed by atoms with Gasteiger partial charge in [-0.25, -0.2) is 17.9 Å².